The molecule has 1 fully saturated rings. The monoisotopic (exact) mass is 305 g/mol. The topological polar surface area (TPSA) is 59.1 Å². The number of nitrogens with zero attached hydrogens (tertiary/aromatic N) is 1. The van der Waals surface area contributed by atoms with E-state index in [9.17, 15) is 9.59 Å². The van der Waals surface area contributed by atoms with Gasteiger partial charge in [0.2, 0.25) is 0 Å². The highest BCUT2D eigenvalue weighted by molar-refractivity contribution is 6.01. The Hall–Kier alpha value is -1.72. The number of amides is 1. The lowest BCUT2D eigenvalue weighted by Crippen LogP contribution is -2.29. The van der Waals surface area contributed by atoms with E-state index in [1.165, 1.54) is 19.7 Å². The minimum absolute atomic E-state index is 0.0103. The van der Waals surface area contributed by atoms with Gasteiger partial charge in [-0.1, -0.05) is 36.8 Å². The summed E-state index contributed by atoms with van der Waals surface area (Å²) in [7, 11) is 2.88. The molecule has 120 valence electrons. The molecule has 2 rings (SSSR count). The molecule has 1 aromatic rings. The van der Waals surface area contributed by atoms with Crippen LogP contribution in [0.2, 0.25) is 0 Å². The zero-order valence-corrected chi connectivity index (χ0v) is 13.2. The minimum Gasteiger partial charge on any atom is -0.361 e. The van der Waals surface area contributed by atoms with Crippen LogP contribution in [-0.4, -0.2) is 43.1 Å². The van der Waals surface area contributed by atoms with E-state index in [4.69, 9.17) is 9.57 Å². The van der Waals surface area contributed by atoms with Gasteiger partial charge in [-0.05, 0) is 24.8 Å². The molecule has 5 nitrogen and oxygen atoms in total. The summed E-state index contributed by atoms with van der Waals surface area (Å²) in [6.45, 7) is 0. The second kappa shape index (κ2) is 8.06. The molecule has 1 aliphatic heterocycles. The number of hydrogen-bond acceptors (Lipinski definition) is 4. The average molecular weight is 305 g/mol. The van der Waals surface area contributed by atoms with Crippen molar-refractivity contribution < 1.29 is 19.2 Å². The van der Waals surface area contributed by atoms with Crippen LogP contribution in [0.5, 0.6) is 0 Å². The molecule has 22 heavy (non-hydrogen) atoms. The Morgan fingerprint density at radius 2 is 1.95 bits per heavy atom. The lowest BCUT2D eigenvalue weighted by Gasteiger charge is -2.12. The molecule has 0 saturated carbocycles. The first-order valence-electron chi connectivity index (χ1n) is 7.64. The number of unbranched alkanes of at least 4 members (excludes halogenated alkanes) is 1. The molecule has 0 radical (unpaired) electrons. The van der Waals surface area contributed by atoms with Gasteiger partial charge in [0.1, 0.15) is 6.10 Å². The number of hydroxylamine groups is 2. The first-order chi connectivity index (χ1) is 10.6. The fourth-order valence-corrected chi connectivity index (χ4v) is 2.43. The highest BCUT2D eigenvalue weighted by Crippen LogP contribution is 2.29. The lowest BCUT2D eigenvalue weighted by molar-refractivity contribution is -0.169. The summed E-state index contributed by atoms with van der Waals surface area (Å²) in [6, 6.07) is 10.3. The van der Waals surface area contributed by atoms with Crippen molar-refractivity contribution >= 4 is 11.7 Å². The molecule has 0 bridgehead atoms. The zero-order chi connectivity index (χ0) is 15.9. The predicted molar refractivity (Wildman–Crippen MR) is 82.1 cm³/mol. The maximum absolute atomic E-state index is 11.9. The first-order valence-corrected chi connectivity index (χ1v) is 7.64. The molecule has 1 saturated heterocycles. The molecule has 0 aromatic heterocycles. The van der Waals surface area contributed by atoms with Crippen molar-refractivity contribution in [3.05, 3.63) is 35.9 Å². The van der Waals surface area contributed by atoms with Crippen LogP contribution in [-0.2, 0) is 25.6 Å². The summed E-state index contributed by atoms with van der Waals surface area (Å²) < 4.78 is 5.38. The largest absolute Gasteiger partial charge is 0.361 e. The Balaban J connectivity index is 1.60. The quantitative estimate of drug-likeness (QED) is 0.303. The number of ether oxygens (including phenoxy) is 1. The molecule has 1 aliphatic rings. The fraction of sp³-hybridized carbons (Fsp3) is 0.529. The summed E-state index contributed by atoms with van der Waals surface area (Å²) in [4.78, 5) is 28.2. The van der Waals surface area contributed by atoms with E-state index in [2.05, 4.69) is 12.1 Å². The van der Waals surface area contributed by atoms with Crippen molar-refractivity contribution in [2.24, 2.45) is 0 Å². The third kappa shape index (κ3) is 4.93. The van der Waals surface area contributed by atoms with E-state index in [0.29, 0.717) is 0 Å². The number of benzene rings is 1. The SMILES string of the molecule is CON(C)C(=O)CC(=O)[C@H]1O[C@@H]1CCCCc1ccccc1. The van der Waals surface area contributed by atoms with E-state index < -0.39 is 6.10 Å². The van der Waals surface area contributed by atoms with E-state index in [0.717, 1.165) is 30.7 Å². The van der Waals surface area contributed by atoms with Gasteiger partial charge in [0.05, 0.1) is 19.6 Å². The van der Waals surface area contributed by atoms with Crippen molar-refractivity contribution in [1.82, 2.24) is 5.06 Å². The number of hydrogen-bond donors (Lipinski definition) is 0. The van der Waals surface area contributed by atoms with E-state index in [-0.39, 0.29) is 24.2 Å². The Kier molecular flexibility index (Phi) is 6.10. The van der Waals surface area contributed by atoms with Crippen LogP contribution >= 0.6 is 0 Å². The Morgan fingerprint density at radius 3 is 2.64 bits per heavy atom. The highest BCUT2D eigenvalue weighted by atomic mass is 16.7. The molecule has 1 amide bonds. The van der Waals surface area contributed by atoms with Crippen molar-refractivity contribution in [2.75, 3.05) is 14.2 Å². The number of carbonyl (C=O) groups excluding carboxylic acids is 2. The van der Waals surface area contributed by atoms with Crippen LogP contribution in [0.1, 0.15) is 31.2 Å². The van der Waals surface area contributed by atoms with Gasteiger partial charge in [-0.3, -0.25) is 14.4 Å². The van der Waals surface area contributed by atoms with E-state index in [1.54, 1.807) is 0 Å². The second-order valence-electron chi connectivity index (χ2n) is 5.54. The number of aryl methyl sites for hydroxylation is 1. The molecule has 0 N–H and O–H groups in total. The molecule has 1 heterocycles. The molecule has 5 heteroatoms. The van der Waals surface area contributed by atoms with Gasteiger partial charge in [0.15, 0.2) is 5.78 Å². The third-order valence-electron chi connectivity index (χ3n) is 3.90. The Morgan fingerprint density at radius 1 is 1.23 bits per heavy atom. The van der Waals surface area contributed by atoms with Gasteiger partial charge in [-0.2, -0.15) is 0 Å². The van der Waals surface area contributed by atoms with Crippen molar-refractivity contribution in [3.8, 4) is 0 Å². The summed E-state index contributed by atoms with van der Waals surface area (Å²) in [5.41, 5.74) is 1.33. The average Bonchev–Trinajstić information content (AvgIpc) is 3.31. The molecule has 1 aromatic carbocycles. The molecular weight excluding hydrogens is 282 g/mol. The number of rotatable bonds is 9. The predicted octanol–water partition coefficient (Wildman–Crippen LogP) is 2.15. The van der Waals surface area contributed by atoms with Crippen LogP contribution < -0.4 is 0 Å². The second-order valence-corrected chi connectivity index (χ2v) is 5.54. The van der Waals surface area contributed by atoms with Gasteiger partial charge in [-0.15, -0.1) is 0 Å². The third-order valence-corrected chi connectivity index (χ3v) is 3.90. The van der Waals surface area contributed by atoms with Gasteiger partial charge in [0.25, 0.3) is 5.91 Å². The Labute approximate surface area is 131 Å². The highest BCUT2D eigenvalue weighted by Gasteiger charge is 2.44. The van der Waals surface area contributed by atoms with Gasteiger partial charge < -0.3 is 4.74 Å². The first kappa shape index (κ1) is 16.6. The number of epoxide rings is 1. The molecule has 0 unspecified atom stereocenters. The van der Waals surface area contributed by atoms with Crippen LogP contribution in [0.15, 0.2) is 30.3 Å². The van der Waals surface area contributed by atoms with Gasteiger partial charge >= 0.3 is 0 Å². The number of carbonyl (C=O) groups is 2. The summed E-state index contributed by atoms with van der Waals surface area (Å²) >= 11 is 0. The summed E-state index contributed by atoms with van der Waals surface area (Å²) in [6.07, 6.45) is 3.46. The molecular formula is C17H23NO4. The lowest BCUT2D eigenvalue weighted by atomic mass is 10.0. The smallest absolute Gasteiger partial charge is 0.253 e. The van der Waals surface area contributed by atoms with E-state index in [1.807, 2.05) is 18.2 Å². The fourth-order valence-electron chi connectivity index (χ4n) is 2.43. The van der Waals surface area contributed by atoms with E-state index >= 15 is 0 Å². The maximum Gasteiger partial charge on any atom is 0.253 e. The molecule has 2 atom stereocenters. The van der Waals surface area contributed by atoms with Crippen molar-refractivity contribution in [1.29, 1.82) is 0 Å². The van der Waals surface area contributed by atoms with Crippen molar-refractivity contribution in [2.45, 2.75) is 44.3 Å². The van der Waals surface area contributed by atoms with Gasteiger partial charge in [-0.25, -0.2) is 5.06 Å². The Bertz CT molecular complexity index is 503. The van der Waals surface area contributed by atoms with Crippen LogP contribution in [0.25, 0.3) is 0 Å². The number of ketones is 1. The summed E-state index contributed by atoms with van der Waals surface area (Å²) in [5, 5.41) is 1.06. The normalized spacial score (nSPS) is 19.7. The van der Waals surface area contributed by atoms with Crippen molar-refractivity contribution in [3.63, 3.8) is 0 Å². The number of Topliss-reactive ketones (excluding diaryl/α,β-unsaturated/α-hetero) is 1. The van der Waals surface area contributed by atoms with Crippen LogP contribution in [0.3, 0.4) is 0 Å². The summed E-state index contributed by atoms with van der Waals surface area (Å²) in [5.74, 6) is -0.493. The molecule has 0 aliphatic carbocycles. The minimum atomic E-state index is -0.397. The van der Waals surface area contributed by atoms with Crippen LogP contribution in [0.4, 0.5) is 0 Å². The maximum atomic E-state index is 11.9. The zero-order valence-electron chi connectivity index (χ0n) is 13.2. The standard InChI is InChI=1S/C17H23NO4/c1-18(21-2)16(20)12-14(19)17-15(22-17)11-7-6-10-13-8-4-3-5-9-13/h3-5,8-9,15,17H,6-7,10-12H2,1-2H3/t15-,17-/m1/s1. The van der Waals surface area contributed by atoms with Crippen LogP contribution in [0, 0.1) is 0 Å². The van der Waals surface area contributed by atoms with Gasteiger partial charge in [0, 0.05) is 7.05 Å². The molecule has 0 spiro atoms.